The summed E-state index contributed by atoms with van der Waals surface area (Å²) in [6.07, 6.45) is 3.42. The van der Waals surface area contributed by atoms with E-state index >= 15 is 0 Å². The Bertz CT molecular complexity index is 859. The molecule has 0 aliphatic carbocycles. The monoisotopic (exact) mass is 342 g/mol. The molecule has 0 unspecified atom stereocenters. The maximum absolute atomic E-state index is 12.2. The largest absolute Gasteiger partial charge is 0.352 e. The first-order valence-electron chi connectivity index (χ1n) is 8.03. The molecule has 1 N–H and O–H groups in total. The second-order valence-electron chi connectivity index (χ2n) is 5.51. The molecule has 3 aromatic rings. The summed E-state index contributed by atoms with van der Waals surface area (Å²) in [6, 6.07) is 10.9. The molecule has 0 radical (unpaired) electrons. The van der Waals surface area contributed by atoms with Gasteiger partial charge in [-0.1, -0.05) is 30.7 Å². The topological polar surface area (TPSA) is 59.8 Å². The number of pyridine rings is 1. The van der Waals surface area contributed by atoms with Crippen LogP contribution in [0, 0.1) is 0 Å². The Labute approximate surface area is 145 Å². The molecule has 2 heterocycles. The average molecular weight is 343 g/mol. The standard InChI is InChI=1S/C18H19ClN4O/c1-2-12-23-16(22-15-8-5-10-20-17(15)23)9-11-21-18(24)13-6-3-4-7-14(13)19/h3-8,10H,2,9,11-12H2,1H3,(H,21,24). The number of benzene rings is 1. The van der Waals surface area contributed by atoms with Crippen LogP contribution in [0.5, 0.6) is 0 Å². The van der Waals surface area contributed by atoms with Crippen LogP contribution in [-0.2, 0) is 13.0 Å². The highest BCUT2D eigenvalue weighted by molar-refractivity contribution is 6.33. The van der Waals surface area contributed by atoms with E-state index in [4.69, 9.17) is 11.6 Å². The lowest BCUT2D eigenvalue weighted by atomic mass is 10.2. The van der Waals surface area contributed by atoms with Gasteiger partial charge in [-0.05, 0) is 30.7 Å². The van der Waals surface area contributed by atoms with Crippen molar-refractivity contribution in [2.75, 3.05) is 6.54 Å². The zero-order chi connectivity index (χ0) is 16.9. The number of nitrogens with one attached hydrogen (secondary N) is 1. The minimum atomic E-state index is -0.170. The molecule has 124 valence electrons. The van der Waals surface area contributed by atoms with E-state index in [1.807, 2.05) is 12.1 Å². The molecule has 5 nitrogen and oxygen atoms in total. The summed E-state index contributed by atoms with van der Waals surface area (Å²) in [5.41, 5.74) is 2.27. The summed E-state index contributed by atoms with van der Waals surface area (Å²) >= 11 is 6.05. The van der Waals surface area contributed by atoms with Crippen molar-refractivity contribution in [2.24, 2.45) is 0 Å². The van der Waals surface area contributed by atoms with Gasteiger partial charge in [0.2, 0.25) is 0 Å². The van der Waals surface area contributed by atoms with E-state index < -0.39 is 0 Å². The van der Waals surface area contributed by atoms with Gasteiger partial charge in [0.05, 0.1) is 10.6 Å². The first-order valence-corrected chi connectivity index (χ1v) is 8.41. The van der Waals surface area contributed by atoms with E-state index in [1.54, 1.807) is 30.5 Å². The maximum Gasteiger partial charge on any atom is 0.252 e. The number of aryl methyl sites for hydroxylation is 1. The predicted molar refractivity (Wildman–Crippen MR) is 95.3 cm³/mol. The molecule has 24 heavy (non-hydrogen) atoms. The summed E-state index contributed by atoms with van der Waals surface area (Å²) < 4.78 is 2.12. The van der Waals surface area contributed by atoms with Gasteiger partial charge in [-0.15, -0.1) is 0 Å². The van der Waals surface area contributed by atoms with Crippen LogP contribution in [0.4, 0.5) is 0 Å². The number of imidazole rings is 1. The van der Waals surface area contributed by atoms with Crippen molar-refractivity contribution in [3.05, 3.63) is 59.0 Å². The van der Waals surface area contributed by atoms with E-state index in [0.29, 0.717) is 23.6 Å². The fourth-order valence-corrected chi connectivity index (χ4v) is 2.90. The number of carbonyl (C=O) groups is 1. The molecule has 0 bridgehead atoms. The van der Waals surface area contributed by atoms with Crippen LogP contribution in [0.1, 0.15) is 29.5 Å². The van der Waals surface area contributed by atoms with E-state index in [1.165, 1.54) is 0 Å². The number of hydrogen-bond donors (Lipinski definition) is 1. The Morgan fingerprint density at radius 3 is 2.88 bits per heavy atom. The number of hydrogen-bond acceptors (Lipinski definition) is 3. The Hall–Kier alpha value is -2.40. The predicted octanol–water partition coefficient (Wildman–Crippen LogP) is 3.47. The highest BCUT2D eigenvalue weighted by Crippen LogP contribution is 2.16. The van der Waals surface area contributed by atoms with E-state index in [9.17, 15) is 4.79 Å². The smallest absolute Gasteiger partial charge is 0.252 e. The highest BCUT2D eigenvalue weighted by Gasteiger charge is 2.12. The van der Waals surface area contributed by atoms with Crippen molar-refractivity contribution in [1.82, 2.24) is 19.9 Å². The lowest BCUT2D eigenvalue weighted by molar-refractivity contribution is 0.0954. The normalized spacial score (nSPS) is 10.9. The lowest BCUT2D eigenvalue weighted by Crippen LogP contribution is -2.26. The molecule has 0 atom stereocenters. The molecule has 0 aliphatic heterocycles. The Kier molecular flexibility index (Phi) is 5.11. The number of halogens is 1. The molecular formula is C18H19ClN4O. The lowest BCUT2D eigenvalue weighted by Gasteiger charge is -2.09. The summed E-state index contributed by atoms with van der Waals surface area (Å²) in [6.45, 7) is 3.48. The number of aromatic nitrogens is 3. The molecule has 3 rings (SSSR count). The van der Waals surface area contributed by atoms with Crippen LogP contribution in [0.2, 0.25) is 5.02 Å². The third-order valence-electron chi connectivity index (χ3n) is 3.78. The number of rotatable bonds is 6. The third-order valence-corrected chi connectivity index (χ3v) is 4.11. The van der Waals surface area contributed by atoms with Crippen LogP contribution in [-0.4, -0.2) is 27.0 Å². The Morgan fingerprint density at radius 2 is 2.08 bits per heavy atom. The molecule has 0 saturated heterocycles. The third kappa shape index (κ3) is 3.41. The molecule has 1 amide bonds. The fraction of sp³-hybridized carbons (Fsp3) is 0.278. The van der Waals surface area contributed by atoms with Crippen LogP contribution in [0.15, 0.2) is 42.6 Å². The highest BCUT2D eigenvalue weighted by atomic mass is 35.5. The zero-order valence-electron chi connectivity index (χ0n) is 13.5. The average Bonchev–Trinajstić information content (AvgIpc) is 2.93. The first kappa shape index (κ1) is 16.5. The second-order valence-corrected chi connectivity index (χ2v) is 5.92. The van der Waals surface area contributed by atoms with Crippen molar-refractivity contribution >= 4 is 28.7 Å². The minimum absolute atomic E-state index is 0.170. The molecule has 0 spiro atoms. The van der Waals surface area contributed by atoms with Crippen LogP contribution in [0.3, 0.4) is 0 Å². The Balaban J connectivity index is 1.71. The van der Waals surface area contributed by atoms with E-state index in [0.717, 1.165) is 30.0 Å². The zero-order valence-corrected chi connectivity index (χ0v) is 14.3. The summed E-state index contributed by atoms with van der Waals surface area (Å²) in [5.74, 6) is 0.766. The van der Waals surface area contributed by atoms with E-state index in [-0.39, 0.29) is 5.91 Å². The van der Waals surface area contributed by atoms with Gasteiger partial charge in [-0.2, -0.15) is 0 Å². The second kappa shape index (κ2) is 7.45. The fourth-order valence-electron chi connectivity index (χ4n) is 2.68. The van der Waals surface area contributed by atoms with Gasteiger partial charge < -0.3 is 9.88 Å². The summed E-state index contributed by atoms with van der Waals surface area (Å²) in [4.78, 5) is 21.3. The SMILES string of the molecule is CCCn1c(CCNC(=O)c2ccccc2Cl)nc2cccnc21. The van der Waals surface area contributed by atoms with Crippen molar-refractivity contribution in [1.29, 1.82) is 0 Å². The van der Waals surface area contributed by atoms with Gasteiger partial charge in [0, 0.05) is 25.7 Å². The molecule has 2 aromatic heterocycles. The summed E-state index contributed by atoms with van der Waals surface area (Å²) in [5, 5.41) is 3.36. The van der Waals surface area contributed by atoms with Gasteiger partial charge in [-0.3, -0.25) is 4.79 Å². The molecule has 6 heteroatoms. The number of carbonyl (C=O) groups excluding carboxylic acids is 1. The van der Waals surface area contributed by atoms with Gasteiger partial charge in [0.1, 0.15) is 11.3 Å². The molecule has 0 saturated carbocycles. The first-order chi connectivity index (χ1) is 11.7. The van der Waals surface area contributed by atoms with Crippen molar-refractivity contribution in [3.8, 4) is 0 Å². The van der Waals surface area contributed by atoms with Gasteiger partial charge >= 0.3 is 0 Å². The van der Waals surface area contributed by atoms with Crippen molar-refractivity contribution in [3.63, 3.8) is 0 Å². The van der Waals surface area contributed by atoms with Gasteiger partial charge in [0.15, 0.2) is 5.65 Å². The van der Waals surface area contributed by atoms with Crippen molar-refractivity contribution in [2.45, 2.75) is 26.3 Å². The number of nitrogens with zero attached hydrogens (tertiary/aromatic N) is 3. The molecule has 0 aliphatic rings. The van der Waals surface area contributed by atoms with Crippen LogP contribution < -0.4 is 5.32 Å². The number of amides is 1. The van der Waals surface area contributed by atoms with Crippen molar-refractivity contribution < 1.29 is 4.79 Å². The minimum Gasteiger partial charge on any atom is -0.352 e. The van der Waals surface area contributed by atoms with E-state index in [2.05, 4.69) is 26.8 Å². The summed E-state index contributed by atoms with van der Waals surface area (Å²) in [7, 11) is 0. The molecular weight excluding hydrogens is 324 g/mol. The van der Waals surface area contributed by atoms with Crippen LogP contribution in [0.25, 0.3) is 11.2 Å². The quantitative estimate of drug-likeness (QED) is 0.746. The van der Waals surface area contributed by atoms with Crippen LogP contribution >= 0.6 is 11.6 Å². The molecule has 0 fully saturated rings. The van der Waals surface area contributed by atoms with Gasteiger partial charge in [-0.25, -0.2) is 9.97 Å². The van der Waals surface area contributed by atoms with Gasteiger partial charge in [0.25, 0.3) is 5.91 Å². The maximum atomic E-state index is 12.2. The Morgan fingerprint density at radius 1 is 1.25 bits per heavy atom. The molecule has 1 aromatic carbocycles. The number of fused-ring (bicyclic) bond motifs is 1.